The minimum Gasteiger partial charge on any atom is -0.336 e. The lowest BCUT2D eigenvalue weighted by molar-refractivity contribution is 0.0692. The first kappa shape index (κ1) is 16.3. The van der Waals surface area contributed by atoms with Crippen molar-refractivity contribution in [3.63, 3.8) is 0 Å². The second-order valence-corrected chi connectivity index (χ2v) is 8.01. The van der Waals surface area contributed by atoms with Crippen LogP contribution in [0.1, 0.15) is 48.5 Å². The highest BCUT2D eigenvalue weighted by molar-refractivity contribution is 8.13. The third kappa shape index (κ3) is 3.58. The van der Waals surface area contributed by atoms with Gasteiger partial charge in [0.25, 0.3) is 15.0 Å². The normalized spacial score (nSPS) is 16.1. The second kappa shape index (κ2) is 6.36. The predicted octanol–water partition coefficient (Wildman–Crippen LogP) is 3.33. The Morgan fingerprint density at radius 1 is 1.33 bits per heavy atom. The van der Waals surface area contributed by atoms with Crippen LogP contribution in [0, 0.1) is 6.92 Å². The second-order valence-electron chi connectivity index (χ2n) is 5.44. The summed E-state index contributed by atoms with van der Waals surface area (Å²) in [5.41, 5.74) is 1.19. The smallest absolute Gasteiger partial charge is 0.261 e. The van der Waals surface area contributed by atoms with Gasteiger partial charge in [0.1, 0.15) is 0 Å². The van der Waals surface area contributed by atoms with E-state index in [1.54, 1.807) is 13.0 Å². The lowest BCUT2D eigenvalue weighted by Crippen LogP contribution is -2.38. The van der Waals surface area contributed by atoms with Crippen molar-refractivity contribution in [1.82, 2.24) is 4.90 Å². The molecule has 0 bridgehead atoms. The average molecular weight is 330 g/mol. The molecule has 1 aliphatic carbocycles. The van der Waals surface area contributed by atoms with Gasteiger partial charge in [0, 0.05) is 28.8 Å². The largest absolute Gasteiger partial charge is 0.336 e. The highest BCUT2D eigenvalue weighted by atomic mass is 35.7. The van der Waals surface area contributed by atoms with Gasteiger partial charge >= 0.3 is 0 Å². The van der Waals surface area contributed by atoms with Crippen LogP contribution in [0.3, 0.4) is 0 Å². The number of nitrogens with zero attached hydrogens (tertiary/aromatic N) is 1. The fourth-order valence-corrected chi connectivity index (χ4v) is 3.80. The molecular weight excluding hydrogens is 310 g/mol. The van der Waals surface area contributed by atoms with E-state index in [4.69, 9.17) is 10.7 Å². The van der Waals surface area contributed by atoms with Gasteiger partial charge in [0.15, 0.2) is 0 Å². The predicted molar refractivity (Wildman–Crippen MR) is 83.2 cm³/mol. The zero-order valence-corrected chi connectivity index (χ0v) is 13.9. The molecule has 4 nitrogen and oxygen atoms in total. The molecule has 0 radical (unpaired) electrons. The van der Waals surface area contributed by atoms with Gasteiger partial charge in [-0.2, -0.15) is 0 Å². The van der Waals surface area contributed by atoms with Crippen LogP contribution >= 0.6 is 10.7 Å². The monoisotopic (exact) mass is 329 g/mol. The summed E-state index contributed by atoms with van der Waals surface area (Å²) in [6, 6.07) is 4.71. The standard InChI is InChI=1S/C15H20ClNO3S/c1-3-17(12-6-4-5-7-12)15(18)14-9-8-13(10-11(14)2)21(16,19)20/h8-10,12H,3-7H2,1-2H3. The van der Waals surface area contributed by atoms with Crippen molar-refractivity contribution in [2.24, 2.45) is 0 Å². The highest BCUT2D eigenvalue weighted by Gasteiger charge is 2.27. The van der Waals surface area contributed by atoms with Crippen molar-refractivity contribution in [2.45, 2.75) is 50.5 Å². The van der Waals surface area contributed by atoms with Gasteiger partial charge < -0.3 is 4.90 Å². The molecule has 1 saturated carbocycles. The van der Waals surface area contributed by atoms with Crippen molar-refractivity contribution in [3.8, 4) is 0 Å². The van der Waals surface area contributed by atoms with E-state index in [1.165, 1.54) is 12.1 Å². The molecule has 6 heteroatoms. The summed E-state index contributed by atoms with van der Waals surface area (Å²) >= 11 is 0. The lowest BCUT2D eigenvalue weighted by Gasteiger charge is -2.28. The molecule has 2 rings (SSSR count). The summed E-state index contributed by atoms with van der Waals surface area (Å²) in [5, 5.41) is 0. The van der Waals surface area contributed by atoms with Gasteiger partial charge in [-0.1, -0.05) is 12.8 Å². The number of aryl methyl sites for hydroxylation is 1. The van der Waals surface area contributed by atoms with E-state index in [-0.39, 0.29) is 10.8 Å². The molecule has 1 aliphatic rings. The Balaban J connectivity index is 2.30. The Morgan fingerprint density at radius 3 is 2.43 bits per heavy atom. The van der Waals surface area contributed by atoms with Crippen LogP contribution < -0.4 is 0 Å². The van der Waals surface area contributed by atoms with Gasteiger partial charge in [-0.15, -0.1) is 0 Å². The summed E-state index contributed by atoms with van der Waals surface area (Å²) in [6.45, 7) is 4.38. The van der Waals surface area contributed by atoms with Crippen molar-refractivity contribution >= 4 is 25.6 Å². The number of benzene rings is 1. The Morgan fingerprint density at radius 2 is 1.95 bits per heavy atom. The fraction of sp³-hybridized carbons (Fsp3) is 0.533. The summed E-state index contributed by atoms with van der Waals surface area (Å²) in [4.78, 5) is 14.6. The lowest BCUT2D eigenvalue weighted by atomic mass is 10.1. The van der Waals surface area contributed by atoms with E-state index in [9.17, 15) is 13.2 Å². The average Bonchev–Trinajstić information content (AvgIpc) is 2.92. The van der Waals surface area contributed by atoms with E-state index in [0.29, 0.717) is 23.7 Å². The maximum atomic E-state index is 12.7. The first-order chi connectivity index (χ1) is 9.84. The zero-order chi connectivity index (χ0) is 15.6. The molecule has 0 atom stereocenters. The van der Waals surface area contributed by atoms with Gasteiger partial charge in [-0.05, 0) is 50.5 Å². The number of carbonyl (C=O) groups is 1. The third-order valence-corrected chi connectivity index (χ3v) is 5.43. The van der Waals surface area contributed by atoms with E-state index >= 15 is 0 Å². The molecule has 1 aromatic rings. The molecule has 0 unspecified atom stereocenters. The van der Waals surface area contributed by atoms with Crippen molar-refractivity contribution in [2.75, 3.05) is 6.54 Å². The molecule has 21 heavy (non-hydrogen) atoms. The van der Waals surface area contributed by atoms with Crippen LogP contribution in [0.15, 0.2) is 23.1 Å². The van der Waals surface area contributed by atoms with E-state index in [2.05, 4.69) is 0 Å². The number of amides is 1. The number of hydrogen-bond donors (Lipinski definition) is 0. The maximum absolute atomic E-state index is 12.7. The molecule has 0 heterocycles. The van der Waals surface area contributed by atoms with Crippen molar-refractivity contribution in [3.05, 3.63) is 29.3 Å². The Bertz CT molecular complexity index is 636. The zero-order valence-electron chi connectivity index (χ0n) is 12.3. The minimum atomic E-state index is -3.76. The van der Waals surface area contributed by atoms with Gasteiger partial charge in [0.05, 0.1) is 4.90 Å². The van der Waals surface area contributed by atoms with Crippen LogP contribution in [0.25, 0.3) is 0 Å². The van der Waals surface area contributed by atoms with E-state index in [0.717, 1.165) is 25.7 Å². The summed E-state index contributed by atoms with van der Waals surface area (Å²) in [6.07, 6.45) is 4.42. The maximum Gasteiger partial charge on any atom is 0.261 e. The van der Waals surface area contributed by atoms with Crippen LogP contribution in [0.2, 0.25) is 0 Å². The van der Waals surface area contributed by atoms with Gasteiger partial charge in [-0.25, -0.2) is 8.42 Å². The first-order valence-electron chi connectivity index (χ1n) is 7.21. The molecule has 0 spiro atoms. The summed E-state index contributed by atoms with van der Waals surface area (Å²) in [5.74, 6) is -0.0274. The highest BCUT2D eigenvalue weighted by Crippen LogP contribution is 2.26. The summed E-state index contributed by atoms with van der Waals surface area (Å²) < 4.78 is 22.7. The van der Waals surface area contributed by atoms with E-state index < -0.39 is 9.05 Å². The topological polar surface area (TPSA) is 54.5 Å². The molecule has 0 N–H and O–H groups in total. The van der Waals surface area contributed by atoms with E-state index in [1.807, 2.05) is 11.8 Å². The molecule has 1 fully saturated rings. The SMILES string of the molecule is CCN(C(=O)c1ccc(S(=O)(=O)Cl)cc1C)C1CCCC1. The van der Waals surface area contributed by atoms with Crippen molar-refractivity contribution in [1.29, 1.82) is 0 Å². The first-order valence-corrected chi connectivity index (χ1v) is 9.51. The van der Waals surface area contributed by atoms with Crippen LogP contribution in [-0.2, 0) is 9.05 Å². The molecule has 0 aliphatic heterocycles. The molecule has 116 valence electrons. The molecule has 1 aromatic carbocycles. The Labute approximate surface area is 130 Å². The fourth-order valence-electron chi connectivity index (χ4n) is 2.97. The number of halogens is 1. The minimum absolute atomic E-state index is 0.0274. The molecule has 0 aromatic heterocycles. The number of carbonyl (C=O) groups excluding carboxylic acids is 1. The molecular formula is C15H20ClNO3S. The van der Waals surface area contributed by atoms with Crippen molar-refractivity contribution < 1.29 is 13.2 Å². The number of hydrogen-bond acceptors (Lipinski definition) is 3. The summed E-state index contributed by atoms with van der Waals surface area (Å²) in [7, 11) is 1.57. The Hall–Kier alpha value is -1.07. The quantitative estimate of drug-likeness (QED) is 0.796. The third-order valence-electron chi connectivity index (χ3n) is 4.08. The van der Waals surface area contributed by atoms with Crippen LogP contribution in [0.4, 0.5) is 0 Å². The molecule has 0 saturated heterocycles. The van der Waals surface area contributed by atoms with Gasteiger partial charge in [0.2, 0.25) is 0 Å². The van der Waals surface area contributed by atoms with Gasteiger partial charge in [-0.3, -0.25) is 4.79 Å². The van der Waals surface area contributed by atoms with Crippen LogP contribution in [0.5, 0.6) is 0 Å². The van der Waals surface area contributed by atoms with Crippen LogP contribution in [-0.4, -0.2) is 31.8 Å². The molecule has 1 amide bonds. The Kier molecular flexibility index (Phi) is 4.94. The number of rotatable bonds is 4.